The predicted molar refractivity (Wildman–Crippen MR) is 68.8 cm³/mol. The monoisotopic (exact) mass is 225 g/mol. The number of piperazine rings is 1. The molecule has 0 N–H and O–H groups in total. The zero-order valence-corrected chi connectivity index (χ0v) is 11.2. The SMILES string of the molecule is CCN(C)[C@H]1CC[C@H](N2CCN(C)CC2)C1. The topological polar surface area (TPSA) is 9.72 Å². The highest BCUT2D eigenvalue weighted by Crippen LogP contribution is 2.27. The van der Waals surface area contributed by atoms with Gasteiger partial charge in [0.15, 0.2) is 0 Å². The Bertz CT molecular complexity index is 211. The van der Waals surface area contributed by atoms with Crippen molar-refractivity contribution < 1.29 is 0 Å². The van der Waals surface area contributed by atoms with E-state index in [2.05, 4.69) is 35.7 Å². The van der Waals surface area contributed by atoms with Crippen LogP contribution in [-0.2, 0) is 0 Å². The second-order valence-electron chi connectivity index (χ2n) is 5.53. The quantitative estimate of drug-likeness (QED) is 0.712. The van der Waals surface area contributed by atoms with Crippen molar-refractivity contribution in [2.45, 2.75) is 38.3 Å². The predicted octanol–water partition coefficient (Wildman–Crippen LogP) is 1.11. The van der Waals surface area contributed by atoms with Crippen LogP contribution in [0.3, 0.4) is 0 Å². The Kier molecular flexibility index (Phi) is 4.22. The van der Waals surface area contributed by atoms with Crippen molar-refractivity contribution in [3.8, 4) is 0 Å². The van der Waals surface area contributed by atoms with Crippen LogP contribution in [-0.4, -0.2) is 73.6 Å². The third-order valence-corrected chi connectivity index (χ3v) is 4.55. The Morgan fingerprint density at radius 2 is 1.81 bits per heavy atom. The summed E-state index contributed by atoms with van der Waals surface area (Å²) in [5.41, 5.74) is 0. The molecule has 0 bridgehead atoms. The fraction of sp³-hybridized carbons (Fsp3) is 1.00. The van der Waals surface area contributed by atoms with Crippen LogP contribution in [0.5, 0.6) is 0 Å². The molecule has 1 aliphatic heterocycles. The smallest absolute Gasteiger partial charge is 0.0113 e. The van der Waals surface area contributed by atoms with Crippen molar-refractivity contribution in [2.24, 2.45) is 0 Å². The summed E-state index contributed by atoms with van der Waals surface area (Å²) in [6.07, 6.45) is 4.22. The van der Waals surface area contributed by atoms with E-state index >= 15 is 0 Å². The number of likely N-dealkylation sites (N-methyl/N-ethyl adjacent to an activating group) is 1. The van der Waals surface area contributed by atoms with E-state index in [0.717, 1.165) is 12.1 Å². The van der Waals surface area contributed by atoms with Crippen LogP contribution in [0.4, 0.5) is 0 Å². The van der Waals surface area contributed by atoms with Gasteiger partial charge in [-0.1, -0.05) is 6.92 Å². The highest BCUT2D eigenvalue weighted by atomic mass is 15.3. The van der Waals surface area contributed by atoms with Gasteiger partial charge in [-0.25, -0.2) is 0 Å². The number of nitrogens with zero attached hydrogens (tertiary/aromatic N) is 3. The summed E-state index contributed by atoms with van der Waals surface area (Å²) in [4.78, 5) is 7.70. The van der Waals surface area contributed by atoms with Gasteiger partial charge in [0.2, 0.25) is 0 Å². The average Bonchev–Trinajstić information content (AvgIpc) is 2.78. The first-order chi connectivity index (χ1) is 7.70. The lowest BCUT2D eigenvalue weighted by Gasteiger charge is -2.36. The summed E-state index contributed by atoms with van der Waals surface area (Å²) < 4.78 is 0. The Morgan fingerprint density at radius 3 is 2.44 bits per heavy atom. The number of rotatable bonds is 3. The molecule has 2 rings (SSSR count). The molecule has 0 aromatic heterocycles. The van der Waals surface area contributed by atoms with Gasteiger partial charge in [0.1, 0.15) is 0 Å². The average molecular weight is 225 g/mol. The first-order valence-electron chi connectivity index (χ1n) is 6.83. The zero-order chi connectivity index (χ0) is 11.5. The van der Waals surface area contributed by atoms with Crippen molar-refractivity contribution in [3.63, 3.8) is 0 Å². The Balaban J connectivity index is 1.80. The minimum Gasteiger partial charge on any atom is -0.304 e. The van der Waals surface area contributed by atoms with E-state index in [0.29, 0.717) is 0 Å². The molecule has 1 saturated carbocycles. The van der Waals surface area contributed by atoms with Crippen LogP contribution in [0.2, 0.25) is 0 Å². The second-order valence-corrected chi connectivity index (χ2v) is 5.53. The zero-order valence-electron chi connectivity index (χ0n) is 11.2. The molecule has 0 aromatic carbocycles. The molecule has 1 aliphatic carbocycles. The fourth-order valence-electron chi connectivity index (χ4n) is 3.11. The van der Waals surface area contributed by atoms with E-state index in [4.69, 9.17) is 0 Å². The summed E-state index contributed by atoms with van der Waals surface area (Å²) in [6, 6.07) is 1.71. The minimum absolute atomic E-state index is 0.842. The third kappa shape index (κ3) is 2.76. The lowest BCUT2D eigenvalue weighted by atomic mass is 10.1. The number of hydrogen-bond acceptors (Lipinski definition) is 3. The van der Waals surface area contributed by atoms with Crippen LogP contribution in [0, 0.1) is 0 Å². The maximum atomic E-state index is 2.73. The third-order valence-electron chi connectivity index (χ3n) is 4.55. The van der Waals surface area contributed by atoms with Gasteiger partial charge in [0, 0.05) is 38.3 Å². The molecular formula is C13H27N3. The molecule has 2 fully saturated rings. The van der Waals surface area contributed by atoms with Gasteiger partial charge < -0.3 is 9.80 Å². The van der Waals surface area contributed by atoms with Gasteiger partial charge in [-0.2, -0.15) is 0 Å². The molecule has 1 saturated heterocycles. The summed E-state index contributed by atoms with van der Waals surface area (Å²) in [5.74, 6) is 0. The highest BCUT2D eigenvalue weighted by Gasteiger charge is 2.31. The second kappa shape index (κ2) is 5.48. The van der Waals surface area contributed by atoms with E-state index in [1.165, 1.54) is 52.0 Å². The number of hydrogen-bond donors (Lipinski definition) is 0. The van der Waals surface area contributed by atoms with Crippen molar-refractivity contribution in [1.82, 2.24) is 14.7 Å². The van der Waals surface area contributed by atoms with Gasteiger partial charge in [-0.3, -0.25) is 4.90 Å². The highest BCUT2D eigenvalue weighted by molar-refractivity contribution is 4.88. The van der Waals surface area contributed by atoms with E-state index in [1.54, 1.807) is 0 Å². The van der Waals surface area contributed by atoms with Gasteiger partial charge in [0.05, 0.1) is 0 Å². The van der Waals surface area contributed by atoms with Gasteiger partial charge in [-0.15, -0.1) is 0 Å². The van der Waals surface area contributed by atoms with Gasteiger partial charge in [-0.05, 0) is 39.9 Å². The molecule has 1 heterocycles. The Labute approximate surface area is 100 Å². The van der Waals surface area contributed by atoms with E-state index in [9.17, 15) is 0 Å². The maximum absolute atomic E-state index is 2.73. The van der Waals surface area contributed by atoms with Crippen molar-refractivity contribution in [1.29, 1.82) is 0 Å². The van der Waals surface area contributed by atoms with Gasteiger partial charge in [0.25, 0.3) is 0 Å². The summed E-state index contributed by atoms with van der Waals surface area (Å²) >= 11 is 0. The standard InChI is InChI=1S/C13H27N3/c1-4-15(3)12-5-6-13(11-12)16-9-7-14(2)8-10-16/h12-13H,4-11H2,1-3H3/t12-,13-/m0/s1. The van der Waals surface area contributed by atoms with Crippen LogP contribution < -0.4 is 0 Å². The van der Waals surface area contributed by atoms with Crippen molar-refractivity contribution in [2.75, 3.05) is 46.8 Å². The molecule has 0 amide bonds. The van der Waals surface area contributed by atoms with Crippen LogP contribution in [0.25, 0.3) is 0 Å². The normalized spacial score (nSPS) is 33.8. The fourth-order valence-corrected chi connectivity index (χ4v) is 3.11. The summed E-state index contributed by atoms with van der Waals surface area (Å²) in [7, 11) is 4.51. The maximum Gasteiger partial charge on any atom is 0.0113 e. The minimum atomic E-state index is 0.842. The molecule has 2 aliphatic rings. The molecule has 3 nitrogen and oxygen atoms in total. The first-order valence-corrected chi connectivity index (χ1v) is 6.83. The van der Waals surface area contributed by atoms with Crippen LogP contribution in [0.15, 0.2) is 0 Å². The molecule has 16 heavy (non-hydrogen) atoms. The van der Waals surface area contributed by atoms with E-state index < -0.39 is 0 Å². The van der Waals surface area contributed by atoms with Crippen molar-refractivity contribution >= 4 is 0 Å². The first kappa shape index (κ1) is 12.3. The van der Waals surface area contributed by atoms with Gasteiger partial charge >= 0.3 is 0 Å². The molecule has 0 aromatic rings. The lowest BCUT2D eigenvalue weighted by Crippen LogP contribution is -2.48. The summed E-state index contributed by atoms with van der Waals surface area (Å²) in [6.45, 7) is 8.53. The Hall–Kier alpha value is -0.120. The van der Waals surface area contributed by atoms with Crippen LogP contribution >= 0.6 is 0 Å². The molecule has 0 spiro atoms. The molecule has 2 atom stereocenters. The molecule has 0 unspecified atom stereocenters. The lowest BCUT2D eigenvalue weighted by molar-refractivity contribution is 0.109. The largest absolute Gasteiger partial charge is 0.304 e. The molecule has 94 valence electrons. The van der Waals surface area contributed by atoms with Crippen molar-refractivity contribution in [3.05, 3.63) is 0 Å². The van der Waals surface area contributed by atoms with E-state index in [-0.39, 0.29) is 0 Å². The van der Waals surface area contributed by atoms with Crippen LogP contribution in [0.1, 0.15) is 26.2 Å². The van der Waals surface area contributed by atoms with E-state index in [1.807, 2.05) is 0 Å². The Morgan fingerprint density at radius 1 is 1.12 bits per heavy atom. The summed E-state index contributed by atoms with van der Waals surface area (Å²) in [5, 5.41) is 0. The molecular weight excluding hydrogens is 198 g/mol. The molecule has 0 radical (unpaired) electrons. The molecule has 3 heteroatoms.